The van der Waals surface area contributed by atoms with Gasteiger partial charge in [0.1, 0.15) is 6.54 Å². The number of rotatable bonds is 0. The third-order valence-corrected chi connectivity index (χ3v) is 5.36. The van der Waals surface area contributed by atoms with Crippen molar-refractivity contribution in [2.75, 3.05) is 6.54 Å². The minimum absolute atomic E-state index is 0. The molecule has 0 spiro atoms. The molecule has 6 rings (SSSR count). The fraction of sp³-hybridized carbons (Fsp3) is 0.0769. The predicted octanol–water partition coefficient (Wildman–Crippen LogP) is -0.102. The van der Waals surface area contributed by atoms with Crippen molar-refractivity contribution in [2.45, 2.75) is 6.42 Å². The molecule has 31 heavy (non-hydrogen) atoms. The first-order valence-corrected chi connectivity index (χ1v) is 9.85. The Kier molecular flexibility index (Phi) is 5.54. The van der Waals surface area contributed by atoms with E-state index >= 15 is 0 Å². The van der Waals surface area contributed by atoms with Crippen molar-refractivity contribution < 1.29 is 20.2 Å². The van der Waals surface area contributed by atoms with Gasteiger partial charge in [-0.05, 0) is 40.8 Å². The van der Waals surface area contributed by atoms with Gasteiger partial charge in [0.15, 0.2) is 6.20 Å². The number of hydrogen-bond donors (Lipinski definition) is 1. The fourth-order valence-corrected chi connectivity index (χ4v) is 3.97. The number of nitrogens with one attached hydrogen (secondary N) is 2. The molecule has 2 heterocycles. The number of benzene rings is 3. The zero-order chi connectivity index (χ0) is 20.5. The smallest absolute Gasteiger partial charge is 0.872 e. The van der Waals surface area contributed by atoms with Gasteiger partial charge in [-0.1, -0.05) is 54.3 Å². The topological polar surface area (TPSA) is 74.2 Å². The summed E-state index contributed by atoms with van der Waals surface area (Å²) in [7, 11) is 0. The van der Waals surface area contributed by atoms with E-state index in [0.29, 0.717) is 0 Å². The second kappa shape index (κ2) is 8.44. The number of aromatic nitrogens is 1. The Hall–Kier alpha value is -3.93. The van der Waals surface area contributed by atoms with E-state index in [-0.39, 0.29) is 21.6 Å². The number of aromatic amines is 1. The van der Waals surface area contributed by atoms with Crippen molar-refractivity contribution in [3.8, 4) is 11.5 Å². The van der Waals surface area contributed by atoms with Gasteiger partial charge in [-0.3, -0.25) is 0 Å². The zero-order valence-electron chi connectivity index (χ0n) is 16.9. The summed E-state index contributed by atoms with van der Waals surface area (Å²) in [5, 5.41) is 30.0. The molecule has 0 aliphatic carbocycles. The molecule has 0 bridgehead atoms. The molecule has 0 radical (unpaired) electrons. The van der Waals surface area contributed by atoms with Crippen molar-refractivity contribution >= 4 is 48.6 Å². The van der Waals surface area contributed by atoms with Crippen molar-refractivity contribution in [3.05, 3.63) is 89.6 Å². The van der Waals surface area contributed by atoms with Crippen molar-refractivity contribution in [2.24, 2.45) is 0 Å². The second-order valence-corrected chi connectivity index (χ2v) is 7.21. The number of pyridine rings is 1. The third-order valence-electron chi connectivity index (χ3n) is 5.36. The van der Waals surface area contributed by atoms with E-state index in [9.17, 15) is 10.2 Å². The van der Waals surface area contributed by atoms with Gasteiger partial charge in [0.05, 0.1) is 5.39 Å². The van der Waals surface area contributed by atoms with Crippen molar-refractivity contribution in [1.82, 2.24) is 0 Å². The van der Waals surface area contributed by atoms with Crippen LogP contribution >= 0.6 is 0 Å². The quantitative estimate of drug-likeness (QED) is 0.292. The standard InChI is InChI=1S/2C13H9NO.Be/c2*15-11-5-1-3-9-6-7-10-4-2-8-14-13(10)12(9)11;/h3-4,6-7,15H,2,8H2;1-8,15H;/q;;+2. The van der Waals surface area contributed by atoms with E-state index in [0.717, 1.165) is 56.0 Å². The van der Waals surface area contributed by atoms with Crippen LogP contribution in [-0.4, -0.2) is 16.7 Å². The van der Waals surface area contributed by atoms with Crippen LogP contribution in [0, 0.1) is 12.1 Å². The van der Waals surface area contributed by atoms with Crippen LogP contribution in [0.5, 0.6) is 11.5 Å². The molecular formula is C26H18BeN2O2+2. The van der Waals surface area contributed by atoms with Gasteiger partial charge >= 0.3 is 10.1 Å². The van der Waals surface area contributed by atoms with Crippen LogP contribution < -0.4 is 30.8 Å². The molecule has 5 aromatic rings. The van der Waals surface area contributed by atoms with Crippen molar-refractivity contribution in [3.63, 3.8) is 0 Å². The molecule has 0 atom stereocenters. The van der Waals surface area contributed by atoms with Crippen molar-refractivity contribution in [1.29, 1.82) is 0 Å². The monoisotopic (exact) mass is 399 g/mol. The molecule has 5 heteroatoms. The van der Waals surface area contributed by atoms with Gasteiger partial charge in [-0.2, -0.15) is 0 Å². The van der Waals surface area contributed by atoms with E-state index < -0.39 is 0 Å². The van der Waals surface area contributed by atoms with Crippen LogP contribution in [0.15, 0.2) is 66.9 Å². The second-order valence-electron chi connectivity index (χ2n) is 7.21. The number of fused-ring (bicyclic) bond motifs is 6. The van der Waals surface area contributed by atoms with Crippen LogP contribution in [0.1, 0.15) is 6.42 Å². The van der Waals surface area contributed by atoms with Gasteiger partial charge in [0.2, 0.25) is 10.9 Å². The summed E-state index contributed by atoms with van der Waals surface area (Å²) in [6.45, 7) is 0.893. The Morgan fingerprint density at radius 2 is 1.65 bits per heavy atom. The molecule has 0 amide bonds. The van der Waals surface area contributed by atoms with Crippen LogP contribution in [0.3, 0.4) is 0 Å². The molecule has 0 saturated heterocycles. The zero-order valence-corrected chi connectivity index (χ0v) is 16.9. The van der Waals surface area contributed by atoms with Gasteiger partial charge in [-0.25, -0.2) is 9.98 Å². The average Bonchev–Trinajstić information content (AvgIpc) is 2.79. The van der Waals surface area contributed by atoms with Gasteiger partial charge in [0.25, 0.3) is 0 Å². The predicted molar refractivity (Wildman–Crippen MR) is 118 cm³/mol. The molecular weight excluding hydrogens is 381 g/mol. The molecule has 2 N–H and O–H groups in total. The van der Waals surface area contributed by atoms with Crippen LogP contribution in [0.25, 0.3) is 38.5 Å². The molecule has 1 aliphatic rings. The van der Waals surface area contributed by atoms with Crippen LogP contribution in [0.4, 0.5) is 0 Å². The summed E-state index contributed by atoms with van der Waals surface area (Å²) < 4.78 is 0. The molecule has 0 saturated carbocycles. The summed E-state index contributed by atoms with van der Waals surface area (Å²) in [6.07, 6.45) is 5.00. The average molecular weight is 399 g/mol. The number of H-pyrrole nitrogens is 1. The SMILES string of the molecule is [Be+2].[O-]c1c#ccc2ccc3c(c12)=[NH+]CCC=3.[O-]c1cccc2ccc3ccc[nH+]c3c12. The van der Waals surface area contributed by atoms with Gasteiger partial charge in [0, 0.05) is 28.5 Å². The Morgan fingerprint density at radius 1 is 0.839 bits per heavy atom. The Morgan fingerprint density at radius 3 is 2.55 bits per heavy atom. The normalized spacial score (nSPS) is 11.9. The maximum Gasteiger partial charge on any atom is 2.00 e. The van der Waals surface area contributed by atoms with Gasteiger partial charge < -0.3 is 10.2 Å². The minimum Gasteiger partial charge on any atom is -0.872 e. The first-order chi connectivity index (χ1) is 14.7. The van der Waals surface area contributed by atoms with Gasteiger partial charge in [-0.15, -0.1) is 0 Å². The minimum atomic E-state index is -0.0767. The Labute approximate surface area is 183 Å². The van der Waals surface area contributed by atoms with E-state index in [1.165, 1.54) is 0 Å². The molecule has 0 unspecified atom stereocenters. The third kappa shape index (κ3) is 3.68. The fourth-order valence-electron chi connectivity index (χ4n) is 3.97. The van der Waals surface area contributed by atoms with E-state index in [2.05, 4.69) is 28.2 Å². The first kappa shape index (κ1) is 20.3. The maximum atomic E-state index is 11.8. The Bertz CT molecular complexity index is 1530. The van der Waals surface area contributed by atoms with Crippen LogP contribution in [-0.2, 0) is 0 Å². The molecule has 0 fully saturated rings. The van der Waals surface area contributed by atoms with E-state index in [1.807, 2.05) is 48.7 Å². The first-order valence-electron chi connectivity index (χ1n) is 9.85. The largest absolute Gasteiger partial charge is 2.00 e. The molecule has 1 aromatic heterocycles. The summed E-state index contributed by atoms with van der Waals surface area (Å²) >= 11 is 0. The van der Waals surface area contributed by atoms with Crippen LogP contribution in [0.2, 0.25) is 0 Å². The summed E-state index contributed by atoms with van der Waals surface area (Å²) in [6, 6.07) is 24.4. The Balaban J connectivity index is 0.000000144. The summed E-state index contributed by atoms with van der Waals surface area (Å²) in [5.41, 5.74) is 0.917. The van der Waals surface area contributed by atoms with E-state index in [4.69, 9.17) is 0 Å². The summed E-state index contributed by atoms with van der Waals surface area (Å²) in [5.74, 6) is -0.00676. The van der Waals surface area contributed by atoms with E-state index in [1.54, 1.807) is 18.2 Å². The molecule has 1 aliphatic heterocycles. The maximum absolute atomic E-state index is 11.8. The number of hydrogen-bond acceptors (Lipinski definition) is 2. The summed E-state index contributed by atoms with van der Waals surface area (Å²) in [4.78, 5) is 6.42. The molecule has 4 aromatic carbocycles. The molecule has 4 nitrogen and oxygen atoms in total. The molecule has 144 valence electrons.